The molecule has 0 saturated carbocycles. The second kappa shape index (κ2) is 5.56. The molecule has 0 saturated heterocycles. The number of ether oxygens (including phenoxy) is 1. The highest BCUT2D eigenvalue weighted by molar-refractivity contribution is 7.80. The van der Waals surface area contributed by atoms with E-state index < -0.39 is 0 Å². The lowest BCUT2D eigenvalue weighted by Crippen LogP contribution is -2.23. The van der Waals surface area contributed by atoms with Crippen LogP contribution in [0.3, 0.4) is 0 Å². The second-order valence-corrected chi connectivity index (χ2v) is 7.16. The van der Waals surface area contributed by atoms with Crippen molar-refractivity contribution in [1.82, 2.24) is 0 Å². The molecular formula is C16H26OS. The minimum Gasteiger partial charge on any atom is -0.493 e. The van der Waals surface area contributed by atoms with Crippen LogP contribution in [0.1, 0.15) is 45.7 Å². The summed E-state index contributed by atoms with van der Waals surface area (Å²) in [5.41, 5.74) is 2.85. The van der Waals surface area contributed by atoms with E-state index in [0.29, 0.717) is 6.61 Å². The monoisotopic (exact) mass is 266 g/mol. The van der Waals surface area contributed by atoms with Gasteiger partial charge in [0.2, 0.25) is 0 Å². The van der Waals surface area contributed by atoms with Crippen LogP contribution in [0.4, 0.5) is 0 Å². The van der Waals surface area contributed by atoms with Crippen molar-refractivity contribution in [3.8, 4) is 5.75 Å². The number of benzene rings is 1. The van der Waals surface area contributed by atoms with E-state index in [9.17, 15) is 0 Å². The molecule has 0 aromatic heterocycles. The molecule has 0 amide bonds. The molecule has 2 heteroatoms. The van der Waals surface area contributed by atoms with Crippen molar-refractivity contribution in [1.29, 1.82) is 0 Å². The highest BCUT2D eigenvalue weighted by Crippen LogP contribution is 2.28. The third-order valence-electron chi connectivity index (χ3n) is 3.09. The first-order valence-corrected chi connectivity index (χ1v) is 7.14. The molecule has 0 radical (unpaired) electrons. The van der Waals surface area contributed by atoms with Crippen LogP contribution in [0.25, 0.3) is 0 Å². The number of hydrogen-bond acceptors (Lipinski definition) is 2. The summed E-state index contributed by atoms with van der Waals surface area (Å²) in [6.07, 6.45) is 0. The van der Waals surface area contributed by atoms with Gasteiger partial charge < -0.3 is 4.74 Å². The Morgan fingerprint density at radius 2 is 1.72 bits per heavy atom. The number of thiol groups is 1. The first-order valence-electron chi connectivity index (χ1n) is 6.50. The summed E-state index contributed by atoms with van der Waals surface area (Å²) >= 11 is 4.35. The van der Waals surface area contributed by atoms with Crippen molar-refractivity contribution in [3.63, 3.8) is 0 Å². The zero-order valence-electron chi connectivity index (χ0n) is 12.5. The highest BCUT2D eigenvalue weighted by atomic mass is 32.1. The molecule has 0 unspecified atom stereocenters. The van der Waals surface area contributed by atoms with Gasteiger partial charge >= 0.3 is 0 Å². The zero-order valence-corrected chi connectivity index (χ0v) is 13.4. The maximum absolute atomic E-state index is 5.91. The molecule has 18 heavy (non-hydrogen) atoms. The highest BCUT2D eigenvalue weighted by Gasteiger charge is 2.18. The van der Waals surface area contributed by atoms with Gasteiger partial charge in [-0.3, -0.25) is 0 Å². The van der Waals surface area contributed by atoms with Gasteiger partial charge in [0.1, 0.15) is 5.75 Å². The van der Waals surface area contributed by atoms with Crippen LogP contribution in [-0.4, -0.2) is 12.4 Å². The maximum atomic E-state index is 5.91. The minimum absolute atomic E-state index is 0.109. The summed E-state index contributed by atoms with van der Waals surface area (Å²) in [5.74, 6) is 1.81. The van der Waals surface area contributed by atoms with Gasteiger partial charge in [-0.25, -0.2) is 0 Å². The first kappa shape index (κ1) is 15.4. The van der Waals surface area contributed by atoms with Gasteiger partial charge in [-0.15, -0.1) is 0 Å². The van der Waals surface area contributed by atoms with Gasteiger partial charge in [0.15, 0.2) is 0 Å². The Hall–Kier alpha value is -0.630. The lowest BCUT2D eigenvalue weighted by Gasteiger charge is -2.24. The summed E-state index contributed by atoms with van der Waals surface area (Å²) in [4.78, 5) is 0. The average Bonchev–Trinajstić information content (AvgIpc) is 2.26. The molecule has 0 heterocycles. The van der Waals surface area contributed by atoms with Crippen molar-refractivity contribution >= 4 is 12.6 Å². The Morgan fingerprint density at radius 3 is 2.17 bits per heavy atom. The van der Waals surface area contributed by atoms with Crippen LogP contribution in [0.2, 0.25) is 0 Å². The normalized spacial score (nSPS) is 12.6. The Balaban J connectivity index is 2.81. The topological polar surface area (TPSA) is 9.23 Å². The van der Waals surface area contributed by atoms with E-state index in [-0.39, 0.29) is 10.8 Å². The smallest absolute Gasteiger partial charge is 0.122 e. The Labute approximate surface area is 117 Å². The summed E-state index contributed by atoms with van der Waals surface area (Å²) < 4.78 is 5.91. The standard InChI is InChI=1S/C16H26OS/c1-12-9-13(15(2,3)4)7-8-14(12)17-10-16(5,6)11-18/h7-9,18H,10-11H2,1-6H3. The van der Waals surface area contributed by atoms with E-state index in [1.165, 1.54) is 11.1 Å². The Kier molecular flexibility index (Phi) is 4.77. The Morgan fingerprint density at radius 1 is 1.11 bits per heavy atom. The second-order valence-electron chi connectivity index (χ2n) is 6.84. The molecule has 0 N–H and O–H groups in total. The van der Waals surface area contributed by atoms with Crippen LogP contribution >= 0.6 is 12.6 Å². The van der Waals surface area contributed by atoms with Crippen LogP contribution in [0.5, 0.6) is 5.75 Å². The van der Waals surface area contributed by atoms with E-state index in [4.69, 9.17) is 4.74 Å². The predicted octanol–water partition coefficient (Wildman–Crippen LogP) is 4.63. The number of hydrogen-bond donors (Lipinski definition) is 1. The third-order valence-corrected chi connectivity index (χ3v) is 3.94. The van der Waals surface area contributed by atoms with Crippen LogP contribution in [-0.2, 0) is 5.41 Å². The quantitative estimate of drug-likeness (QED) is 0.782. The van der Waals surface area contributed by atoms with Gasteiger partial charge in [0, 0.05) is 5.41 Å². The maximum Gasteiger partial charge on any atom is 0.122 e. The van der Waals surface area contributed by atoms with E-state index in [2.05, 4.69) is 72.4 Å². The van der Waals surface area contributed by atoms with Crippen LogP contribution in [0.15, 0.2) is 18.2 Å². The molecule has 1 aromatic carbocycles. The van der Waals surface area contributed by atoms with E-state index in [1.54, 1.807) is 0 Å². The van der Waals surface area contributed by atoms with Crippen LogP contribution < -0.4 is 4.74 Å². The minimum atomic E-state index is 0.109. The summed E-state index contributed by atoms with van der Waals surface area (Å²) in [5, 5.41) is 0. The zero-order chi connectivity index (χ0) is 14.0. The molecular weight excluding hydrogens is 240 g/mol. The van der Waals surface area contributed by atoms with Crippen molar-refractivity contribution in [2.75, 3.05) is 12.4 Å². The van der Waals surface area contributed by atoms with Crippen molar-refractivity contribution < 1.29 is 4.74 Å². The predicted molar refractivity (Wildman–Crippen MR) is 83.0 cm³/mol. The molecule has 1 rings (SSSR count). The van der Waals surface area contributed by atoms with Crippen LogP contribution in [0, 0.1) is 12.3 Å². The van der Waals surface area contributed by atoms with E-state index in [1.807, 2.05) is 0 Å². The van der Waals surface area contributed by atoms with Gasteiger partial charge in [-0.2, -0.15) is 12.6 Å². The molecule has 0 aliphatic heterocycles. The van der Waals surface area contributed by atoms with Gasteiger partial charge in [-0.05, 0) is 35.3 Å². The molecule has 0 fully saturated rings. The molecule has 0 atom stereocenters. The van der Waals surface area contributed by atoms with E-state index >= 15 is 0 Å². The Bertz CT molecular complexity index is 402. The molecule has 0 aliphatic rings. The fourth-order valence-corrected chi connectivity index (χ4v) is 1.69. The lowest BCUT2D eigenvalue weighted by molar-refractivity contribution is 0.201. The largest absolute Gasteiger partial charge is 0.493 e. The number of aryl methyl sites for hydroxylation is 1. The van der Waals surface area contributed by atoms with Gasteiger partial charge in [0.05, 0.1) is 6.61 Å². The molecule has 0 bridgehead atoms. The van der Waals surface area contributed by atoms with Crippen molar-refractivity contribution in [2.24, 2.45) is 5.41 Å². The number of rotatable bonds is 4. The molecule has 0 aliphatic carbocycles. The molecule has 1 aromatic rings. The fraction of sp³-hybridized carbons (Fsp3) is 0.625. The third kappa shape index (κ3) is 4.24. The molecule has 1 nitrogen and oxygen atoms in total. The van der Waals surface area contributed by atoms with E-state index in [0.717, 1.165) is 11.5 Å². The SMILES string of the molecule is Cc1cc(C(C)(C)C)ccc1OCC(C)(C)CS. The lowest BCUT2D eigenvalue weighted by atomic mass is 9.86. The summed E-state index contributed by atoms with van der Waals surface area (Å²) in [7, 11) is 0. The van der Waals surface area contributed by atoms with Gasteiger partial charge in [0.25, 0.3) is 0 Å². The van der Waals surface area contributed by atoms with Crippen molar-refractivity contribution in [3.05, 3.63) is 29.3 Å². The summed E-state index contributed by atoms with van der Waals surface area (Å²) in [6, 6.07) is 6.48. The molecule has 0 spiro atoms. The average molecular weight is 266 g/mol. The van der Waals surface area contributed by atoms with Gasteiger partial charge in [-0.1, -0.05) is 46.8 Å². The fourth-order valence-electron chi connectivity index (χ4n) is 1.60. The molecule has 102 valence electrons. The summed E-state index contributed by atoms with van der Waals surface area (Å²) in [6.45, 7) is 13.8. The first-order chi connectivity index (χ1) is 8.15. The van der Waals surface area contributed by atoms with Crippen molar-refractivity contribution in [2.45, 2.75) is 47.0 Å².